The Hall–Kier alpha value is -1.79. The molecule has 1 aromatic rings. The molecule has 0 aromatic heterocycles. The van der Waals surface area contributed by atoms with Gasteiger partial charge in [0.1, 0.15) is 0 Å². The fourth-order valence-corrected chi connectivity index (χ4v) is 3.43. The molecule has 0 spiro atoms. The van der Waals surface area contributed by atoms with Crippen molar-refractivity contribution >= 4 is 29.2 Å². The Bertz CT molecular complexity index is 637. The predicted octanol–water partition coefficient (Wildman–Crippen LogP) is 2.49. The zero-order chi connectivity index (χ0) is 17.3. The molecule has 0 radical (unpaired) electrons. The summed E-state index contributed by atoms with van der Waals surface area (Å²) >= 11 is 6.08. The van der Waals surface area contributed by atoms with Gasteiger partial charge in [-0.1, -0.05) is 23.7 Å². The van der Waals surface area contributed by atoms with E-state index < -0.39 is 0 Å². The zero-order valence-corrected chi connectivity index (χ0v) is 14.5. The standard InChI is InChI=1S/C17H22ClN3O3/c1-10(2)19-16(22)12-7-11-8-21(9-15(12)24-11)17(23)20-14-6-4-3-5-13(14)18/h3-6,10-12,15H,7-9H2,1-2H3,(H,19,22)(H,20,23)/t11-,12+,15-/m1/s1. The summed E-state index contributed by atoms with van der Waals surface area (Å²) in [5, 5.41) is 6.25. The van der Waals surface area contributed by atoms with Crippen LogP contribution in [0, 0.1) is 5.92 Å². The number of morpholine rings is 1. The molecule has 2 heterocycles. The van der Waals surface area contributed by atoms with Crippen molar-refractivity contribution in [2.75, 3.05) is 18.4 Å². The van der Waals surface area contributed by atoms with Crippen molar-refractivity contribution in [1.82, 2.24) is 10.2 Å². The lowest BCUT2D eigenvalue weighted by Gasteiger charge is -2.32. The lowest BCUT2D eigenvalue weighted by Crippen LogP contribution is -2.49. The molecule has 2 fully saturated rings. The summed E-state index contributed by atoms with van der Waals surface area (Å²) in [6, 6.07) is 6.99. The minimum atomic E-state index is -0.250. The van der Waals surface area contributed by atoms with Gasteiger partial charge in [0.05, 0.1) is 28.8 Å². The van der Waals surface area contributed by atoms with Crippen molar-refractivity contribution in [3.05, 3.63) is 29.3 Å². The zero-order valence-electron chi connectivity index (χ0n) is 13.8. The van der Waals surface area contributed by atoms with E-state index in [2.05, 4.69) is 10.6 Å². The van der Waals surface area contributed by atoms with E-state index in [1.165, 1.54) is 0 Å². The maximum atomic E-state index is 12.5. The van der Waals surface area contributed by atoms with Gasteiger partial charge in [-0.15, -0.1) is 0 Å². The van der Waals surface area contributed by atoms with E-state index >= 15 is 0 Å². The van der Waals surface area contributed by atoms with E-state index in [9.17, 15) is 9.59 Å². The molecule has 0 aliphatic carbocycles. The van der Waals surface area contributed by atoms with Crippen molar-refractivity contribution in [3.8, 4) is 0 Å². The number of para-hydroxylation sites is 1. The van der Waals surface area contributed by atoms with Crippen LogP contribution in [-0.2, 0) is 9.53 Å². The molecule has 2 N–H and O–H groups in total. The highest BCUT2D eigenvalue weighted by Gasteiger charge is 2.45. The minimum absolute atomic E-state index is 0.00543. The topological polar surface area (TPSA) is 70.7 Å². The number of rotatable bonds is 3. The largest absolute Gasteiger partial charge is 0.370 e. The number of carbonyl (C=O) groups is 2. The number of hydrogen-bond acceptors (Lipinski definition) is 3. The number of nitrogens with one attached hydrogen (secondary N) is 2. The normalized spacial score (nSPS) is 25.7. The molecule has 24 heavy (non-hydrogen) atoms. The van der Waals surface area contributed by atoms with Crippen LogP contribution in [0.3, 0.4) is 0 Å². The Labute approximate surface area is 146 Å². The molecule has 2 bridgehead atoms. The molecular formula is C17H22ClN3O3. The summed E-state index contributed by atoms with van der Waals surface area (Å²) in [5.74, 6) is -0.193. The van der Waals surface area contributed by atoms with Gasteiger partial charge in [-0.2, -0.15) is 0 Å². The van der Waals surface area contributed by atoms with E-state index in [-0.39, 0.29) is 36.1 Å². The fraction of sp³-hybridized carbons (Fsp3) is 0.529. The molecular weight excluding hydrogens is 330 g/mol. The van der Waals surface area contributed by atoms with Crippen molar-refractivity contribution in [1.29, 1.82) is 0 Å². The van der Waals surface area contributed by atoms with Crippen molar-refractivity contribution < 1.29 is 14.3 Å². The molecule has 0 unspecified atom stereocenters. The van der Waals surface area contributed by atoms with Gasteiger partial charge < -0.3 is 20.3 Å². The second-order valence-corrected chi connectivity index (χ2v) is 7.02. The number of nitrogens with zero attached hydrogens (tertiary/aromatic N) is 1. The summed E-state index contributed by atoms with van der Waals surface area (Å²) < 4.78 is 5.86. The average Bonchev–Trinajstić information content (AvgIpc) is 2.83. The Kier molecular flexibility index (Phi) is 4.96. The quantitative estimate of drug-likeness (QED) is 0.879. The maximum absolute atomic E-state index is 12.5. The van der Waals surface area contributed by atoms with Crippen LogP contribution in [0.5, 0.6) is 0 Å². The number of urea groups is 1. The average molecular weight is 352 g/mol. The molecule has 2 aliphatic rings. The number of carbonyl (C=O) groups excluding carboxylic acids is 2. The number of halogens is 1. The molecule has 7 heteroatoms. The van der Waals surface area contributed by atoms with E-state index in [1.807, 2.05) is 26.0 Å². The summed E-state index contributed by atoms with van der Waals surface area (Å²) in [6.07, 6.45) is 0.308. The van der Waals surface area contributed by atoms with Gasteiger partial charge in [-0.25, -0.2) is 4.79 Å². The highest BCUT2D eigenvalue weighted by molar-refractivity contribution is 6.33. The first-order chi connectivity index (χ1) is 11.4. The lowest BCUT2D eigenvalue weighted by molar-refractivity contribution is -0.128. The maximum Gasteiger partial charge on any atom is 0.322 e. The number of fused-ring (bicyclic) bond motifs is 2. The number of hydrogen-bond donors (Lipinski definition) is 2. The van der Waals surface area contributed by atoms with Crippen LogP contribution in [0.4, 0.5) is 10.5 Å². The summed E-state index contributed by atoms with van der Waals surface area (Å²) in [7, 11) is 0. The third kappa shape index (κ3) is 3.65. The van der Waals surface area contributed by atoms with Gasteiger partial charge in [0.25, 0.3) is 0 Å². The number of likely N-dealkylation sites (tertiary alicyclic amines) is 1. The Balaban J connectivity index is 1.63. The number of benzene rings is 1. The number of ether oxygens (including phenoxy) is 1. The number of anilines is 1. The van der Waals surface area contributed by atoms with E-state index in [1.54, 1.807) is 17.0 Å². The molecule has 2 saturated heterocycles. The van der Waals surface area contributed by atoms with Crippen LogP contribution in [0.25, 0.3) is 0 Å². The van der Waals surface area contributed by atoms with Crippen LogP contribution in [-0.4, -0.2) is 48.2 Å². The van der Waals surface area contributed by atoms with Gasteiger partial charge in [0, 0.05) is 19.1 Å². The number of amides is 3. The van der Waals surface area contributed by atoms with Crippen LogP contribution < -0.4 is 10.6 Å². The van der Waals surface area contributed by atoms with E-state index in [0.29, 0.717) is 30.2 Å². The molecule has 2 aliphatic heterocycles. The summed E-state index contributed by atoms with van der Waals surface area (Å²) in [6.45, 7) is 4.76. The predicted molar refractivity (Wildman–Crippen MR) is 92.1 cm³/mol. The monoisotopic (exact) mass is 351 g/mol. The summed E-state index contributed by atoms with van der Waals surface area (Å²) in [5.41, 5.74) is 0.581. The highest BCUT2D eigenvalue weighted by atomic mass is 35.5. The van der Waals surface area contributed by atoms with Crippen LogP contribution in [0.1, 0.15) is 20.3 Å². The van der Waals surface area contributed by atoms with E-state index in [0.717, 1.165) is 0 Å². The first-order valence-corrected chi connectivity index (χ1v) is 8.58. The van der Waals surface area contributed by atoms with E-state index in [4.69, 9.17) is 16.3 Å². The minimum Gasteiger partial charge on any atom is -0.370 e. The van der Waals surface area contributed by atoms with Crippen LogP contribution in [0.15, 0.2) is 24.3 Å². The Morgan fingerprint density at radius 3 is 2.75 bits per heavy atom. The van der Waals surface area contributed by atoms with Gasteiger partial charge in [-0.05, 0) is 32.4 Å². The molecule has 3 atom stereocenters. The van der Waals surface area contributed by atoms with Gasteiger partial charge in [0.2, 0.25) is 5.91 Å². The van der Waals surface area contributed by atoms with Gasteiger partial charge >= 0.3 is 6.03 Å². The second kappa shape index (κ2) is 6.99. The van der Waals surface area contributed by atoms with Crippen molar-refractivity contribution in [3.63, 3.8) is 0 Å². The Morgan fingerprint density at radius 1 is 1.29 bits per heavy atom. The van der Waals surface area contributed by atoms with Gasteiger partial charge in [0.15, 0.2) is 0 Å². The molecule has 1 aromatic carbocycles. The molecule has 3 rings (SSSR count). The second-order valence-electron chi connectivity index (χ2n) is 6.62. The third-order valence-electron chi connectivity index (χ3n) is 4.33. The van der Waals surface area contributed by atoms with Crippen molar-refractivity contribution in [2.24, 2.45) is 5.92 Å². The summed E-state index contributed by atoms with van der Waals surface area (Å²) in [4.78, 5) is 26.5. The highest BCUT2D eigenvalue weighted by Crippen LogP contribution is 2.32. The SMILES string of the molecule is CC(C)NC(=O)[C@H]1C[C@@H]2CN(C(=O)Nc3ccccc3Cl)C[C@H]1O2. The Morgan fingerprint density at radius 2 is 2.04 bits per heavy atom. The smallest absolute Gasteiger partial charge is 0.322 e. The fourth-order valence-electron chi connectivity index (χ4n) is 3.25. The third-order valence-corrected chi connectivity index (χ3v) is 4.66. The molecule has 6 nitrogen and oxygen atoms in total. The molecule has 3 amide bonds. The van der Waals surface area contributed by atoms with Crippen LogP contribution in [0.2, 0.25) is 5.02 Å². The van der Waals surface area contributed by atoms with Crippen LogP contribution >= 0.6 is 11.6 Å². The van der Waals surface area contributed by atoms with Crippen molar-refractivity contribution in [2.45, 2.75) is 38.5 Å². The molecule has 0 saturated carbocycles. The molecule has 130 valence electrons. The van der Waals surface area contributed by atoms with Gasteiger partial charge in [-0.3, -0.25) is 4.79 Å². The lowest BCUT2D eigenvalue weighted by atomic mass is 9.99. The first-order valence-electron chi connectivity index (χ1n) is 8.20. The first kappa shape index (κ1) is 17.0.